The molecule has 1 heterocycles. The SMILES string of the molecule is CC(N)CC(=O)NCC(C)N1CCOCC1.Cl.Cl. The number of nitrogens with two attached hydrogens (primary N) is 1. The predicted molar refractivity (Wildman–Crippen MR) is 77.6 cm³/mol. The first kappa shape index (κ1) is 20.3. The van der Waals surface area contributed by atoms with Crippen LogP contribution >= 0.6 is 24.8 Å². The maximum atomic E-state index is 11.4. The summed E-state index contributed by atoms with van der Waals surface area (Å²) in [7, 11) is 0. The quantitative estimate of drug-likeness (QED) is 0.772. The van der Waals surface area contributed by atoms with Crippen molar-refractivity contribution in [1.29, 1.82) is 0 Å². The Morgan fingerprint density at radius 3 is 2.39 bits per heavy atom. The number of rotatable bonds is 5. The number of amides is 1. The molecule has 5 nitrogen and oxygen atoms in total. The first-order valence-electron chi connectivity index (χ1n) is 5.93. The molecule has 1 rings (SSSR count). The van der Waals surface area contributed by atoms with Gasteiger partial charge in [0.05, 0.1) is 13.2 Å². The van der Waals surface area contributed by atoms with Crippen molar-refractivity contribution in [2.45, 2.75) is 32.4 Å². The Bertz CT molecular complexity index is 224. The third-order valence-electron chi connectivity index (χ3n) is 2.77. The molecule has 0 saturated carbocycles. The average molecular weight is 302 g/mol. The maximum Gasteiger partial charge on any atom is 0.221 e. The lowest BCUT2D eigenvalue weighted by Gasteiger charge is -2.32. The fourth-order valence-electron chi connectivity index (χ4n) is 1.77. The second-order valence-corrected chi connectivity index (χ2v) is 4.48. The summed E-state index contributed by atoms with van der Waals surface area (Å²) >= 11 is 0. The van der Waals surface area contributed by atoms with Crippen LogP contribution in [0.2, 0.25) is 0 Å². The number of halogens is 2. The maximum absolute atomic E-state index is 11.4. The predicted octanol–water partition coefficient (Wildman–Crippen LogP) is 0.404. The summed E-state index contributed by atoms with van der Waals surface area (Å²) in [5, 5.41) is 2.91. The Labute approximate surface area is 122 Å². The van der Waals surface area contributed by atoms with Crippen molar-refractivity contribution in [1.82, 2.24) is 10.2 Å². The molecule has 0 spiro atoms. The van der Waals surface area contributed by atoms with Crippen molar-refractivity contribution in [2.75, 3.05) is 32.8 Å². The van der Waals surface area contributed by atoms with Crippen molar-refractivity contribution in [3.8, 4) is 0 Å². The van der Waals surface area contributed by atoms with Crippen LogP contribution in [0.15, 0.2) is 0 Å². The van der Waals surface area contributed by atoms with Crippen LogP contribution in [0.25, 0.3) is 0 Å². The molecule has 0 bridgehead atoms. The molecule has 18 heavy (non-hydrogen) atoms. The molecule has 3 N–H and O–H groups in total. The van der Waals surface area contributed by atoms with E-state index in [1.165, 1.54) is 0 Å². The van der Waals surface area contributed by atoms with Gasteiger partial charge in [-0.15, -0.1) is 24.8 Å². The van der Waals surface area contributed by atoms with Gasteiger partial charge in [0.2, 0.25) is 5.91 Å². The van der Waals surface area contributed by atoms with E-state index >= 15 is 0 Å². The number of morpholine rings is 1. The molecule has 2 atom stereocenters. The minimum Gasteiger partial charge on any atom is -0.379 e. The van der Waals surface area contributed by atoms with Crippen LogP contribution in [-0.4, -0.2) is 55.7 Å². The third kappa shape index (κ3) is 8.11. The van der Waals surface area contributed by atoms with Gasteiger partial charge in [-0.1, -0.05) is 0 Å². The summed E-state index contributed by atoms with van der Waals surface area (Å²) in [6.45, 7) is 8.12. The smallest absolute Gasteiger partial charge is 0.221 e. The molecule has 1 aliphatic heterocycles. The van der Waals surface area contributed by atoms with Crippen molar-refractivity contribution in [2.24, 2.45) is 5.73 Å². The van der Waals surface area contributed by atoms with E-state index in [1.807, 2.05) is 6.92 Å². The lowest BCUT2D eigenvalue weighted by Crippen LogP contribution is -2.47. The van der Waals surface area contributed by atoms with E-state index in [-0.39, 0.29) is 36.8 Å². The Morgan fingerprint density at radius 1 is 1.33 bits per heavy atom. The lowest BCUT2D eigenvalue weighted by molar-refractivity contribution is -0.121. The highest BCUT2D eigenvalue weighted by atomic mass is 35.5. The van der Waals surface area contributed by atoms with E-state index in [0.717, 1.165) is 26.3 Å². The molecule has 0 aromatic heterocycles. The summed E-state index contributed by atoms with van der Waals surface area (Å²) in [5.74, 6) is 0.0371. The molecule has 7 heteroatoms. The molecule has 1 amide bonds. The molecular weight excluding hydrogens is 277 g/mol. The molecule has 1 aliphatic rings. The molecular formula is C11H25Cl2N3O2. The molecule has 0 radical (unpaired) electrons. The van der Waals surface area contributed by atoms with E-state index in [9.17, 15) is 4.79 Å². The van der Waals surface area contributed by atoms with Gasteiger partial charge >= 0.3 is 0 Å². The van der Waals surface area contributed by atoms with Crippen LogP contribution in [0.4, 0.5) is 0 Å². The standard InChI is InChI=1S/C11H23N3O2.2ClH/c1-9(12)7-11(15)13-8-10(2)14-3-5-16-6-4-14;;/h9-10H,3-8,12H2,1-2H3,(H,13,15);2*1H. The first-order valence-corrected chi connectivity index (χ1v) is 5.93. The van der Waals surface area contributed by atoms with Gasteiger partial charge in [-0.05, 0) is 13.8 Å². The van der Waals surface area contributed by atoms with Gasteiger partial charge in [-0.3, -0.25) is 9.69 Å². The summed E-state index contributed by atoms with van der Waals surface area (Å²) in [6, 6.07) is 0.291. The number of carbonyl (C=O) groups is 1. The fraction of sp³-hybridized carbons (Fsp3) is 0.909. The second-order valence-electron chi connectivity index (χ2n) is 4.48. The zero-order valence-electron chi connectivity index (χ0n) is 11.1. The molecule has 0 aromatic rings. The third-order valence-corrected chi connectivity index (χ3v) is 2.77. The number of nitrogens with one attached hydrogen (secondary N) is 1. The van der Waals surface area contributed by atoms with E-state index in [1.54, 1.807) is 0 Å². The molecule has 2 unspecified atom stereocenters. The van der Waals surface area contributed by atoms with Gasteiger partial charge in [0.25, 0.3) is 0 Å². The van der Waals surface area contributed by atoms with Crippen LogP contribution in [0, 0.1) is 0 Å². The van der Waals surface area contributed by atoms with Gasteiger partial charge in [0.1, 0.15) is 0 Å². The van der Waals surface area contributed by atoms with Crippen molar-refractivity contribution >= 4 is 30.7 Å². The zero-order valence-corrected chi connectivity index (χ0v) is 12.7. The molecule has 0 aromatic carbocycles. The molecule has 110 valence electrons. The van der Waals surface area contributed by atoms with Crippen LogP contribution in [0.1, 0.15) is 20.3 Å². The highest BCUT2D eigenvalue weighted by Gasteiger charge is 2.17. The fourth-order valence-corrected chi connectivity index (χ4v) is 1.77. The van der Waals surface area contributed by atoms with Crippen molar-refractivity contribution in [3.05, 3.63) is 0 Å². The Hall–Kier alpha value is -0.0700. The van der Waals surface area contributed by atoms with Gasteiger partial charge in [0.15, 0.2) is 0 Å². The monoisotopic (exact) mass is 301 g/mol. The minimum atomic E-state index is -0.0707. The lowest BCUT2D eigenvalue weighted by atomic mass is 10.2. The van der Waals surface area contributed by atoms with E-state index in [2.05, 4.69) is 17.1 Å². The summed E-state index contributed by atoms with van der Waals surface area (Å²) < 4.78 is 5.28. The minimum absolute atomic E-state index is 0. The average Bonchev–Trinajstić information content (AvgIpc) is 2.26. The molecule has 1 saturated heterocycles. The largest absolute Gasteiger partial charge is 0.379 e. The summed E-state index contributed by atoms with van der Waals surface area (Å²) in [6.07, 6.45) is 0.399. The van der Waals surface area contributed by atoms with Crippen LogP contribution < -0.4 is 11.1 Å². The van der Waals surface area contributed by atoms with E-state index < -0.39 is 0 Å². The van der Waals surface area contributed by atoms with Crippen molar-refractivity contribution in [3.63, 3.8) is 0 Å². The number of hydrogen-bond acceptors (Lipinski definition) is 4. The number of carbonyl (C=O) groups excluding carboxylic acids is 1. The van der Waals surface area contributed by atoms with E-state index in [0.29, 0.717) is 19.0 Å². The summed E-state index contributed by atoms with van der Waals surface area (Å²) in [5.41, 5.74) is 5.55. The number of nitrogens with zero attached hydrogens (tertiary/aromatic N) is 1. The van der Waals surface area contributed by atoms with Crippen molar-refractivity contribution < 1.29 is 9.53 Å². The van der Waals surface area contributed by atoms with Gasteiger partial charge < -0.3 is 15.8 Å². The van der Waals surface area contributed by atoms with Crippen LogP contribution in [-0.2, 0) is 9.53 Å². The Kier molecular flexibility index (Phi) is 12.2. The number of hydrogen-bond donors (Lipinski definition) is 2. The topological polar surface area (TPSA) is 67.6 Å². The van der Waals surface area contributed by atoms with Crippen LogP contribution in [0.3, 0.4) is 0 Å². The zero-order chi connectivity index (χ0) is 12.0. The van der Waals surface area contributed by atoms with Gasteiger partial charge in [0, 0.05) is 38.1 Å². The molecule has 1 fully saturated rings. The Morgan fingerprint density at radius 2 is 1.89 bits per heavy atom. The van der Waals surface area contributed by atoms with Gasteiger partial charge in [-0.25, -0.2) is 0 Å². The van der Waals surface area contributed by atoms with Crippen LogP contribution in [0.5, 0.6) is 0 Å². The van der Waals surface area contributed by atoms with E-state index in [4.69, 9.17) is 10.5 Å². The Balaban J connectivity index is 0. The molecule has 0 aliphatic carbocycles. The highest BCUT2D eigenvalue weighted by Crippen LogP contribution is 2.02. The summed E-state index contributed by atoms with van der Waals surface area (Å²) in [4.78, 5) is 13.7. The first-order chi connectivity index (χ1) is 7.59. The second kappa shape index (κ2) is 10.8. The van der Waals surface area contributed by atoms with Gasteiger partial charge in [-0.2, -0.15) is 0 Å². The number of ether oxygens (including phenoxy) is 1. The normalized spacial score (nSPS) is 19.1. The highest BCUT2D eigenvalue weighted by molar-refractivity contribution is 5.85.